The number of hydrogen-bond acceptors (Lipinski definition) is 6. The number of carbonyl (C=O) groups is 1. The van der Waals surface area contributed by atoms with Gasteiger partial charge >= 0.3 is 21.5 Å². The lowest BCUT2D eigenvalue weighted by Gasteiger charge is -2.18. The number of carboxylic acids is 1. The molecular formula is C29H30F3N3O6S. The number of hydrogen-bond donors (Lipinski definition) is 4. The number of aliphatic hydroxyl groups excluding tert-OH is 1. The summed E-state index contributed by atoms with van der Waals surface area (Å²) in [7, 11) is -5.62. The number of para-hydroxylation sites is 2. The third kappa shape index (κ3) is 7.41. The first kappa shape index (κ1) is 30.9. The Kier molecular flexibility index (Phi) is 9.44. The van der Waals surface area contributed by atoms with Crippen LogP contribution in [0.5, 0.6) is 5.75 Å². The fourth-order valence-corrected chi connectivity index (χ4v) is 5.16. The first-order chi connectivity index (χ1) is 19.9. The van der Waals surface area contributed by atoms with Crippen molar-refractivity contribution in [3.63, 3.8) is 0 Å². The van der Waals surface area contributed by atoms with Gasteiger partial charge in [0.2, 0.25) is 0 Å². The van der Waals surface area contributed by atoms with Crippen LogP contribution in [0.25, 0.3) is 10.9 Å². The third-order valence-electron chi connectivity index (χ3n) is 6.50. The van der Waals surface area contributed by atoms with E-state index in [1.807, 2.05) is 25.1 Å². The monoisotopic (exact) mass is 605 g/mol. The molecule has 9 nitrogen and oxygen atoms in total. The molecule has 0 saturated carbocycles. The van der Waals surface area contributed by atoms with Crippen molar-refractivity contribution in [2.45, 2.75) is 37.5 Å². The molecule has 224 valence electrons. The second-order valence-electron chi connectivity index (χ2n) is 9.78. The van der Waals surface area contributed by atoms with Gasteiger partial charge in [0.1, 0.15) is 24.2 Å². The molecule has 13 heteroatoms. The lowest BCUT2D eigenvalue weighted by atomic mass is 10.0. The van der Waals surface area contributed by atoms with Crippen LogP contribution in [0.4, 0.5) is 18.9 Å². The van der Waals surface area contributed by atoms with Gasteiger partial charge in [0.25, 0.3) is 0 Å². The van der Waals surface area contributed by atoms with E-state index in [0.29, 0.717) is 34.2 Å². The van der Waals surface area contributed by atoms with Gasteiger partial charge < -0.3 is 24.8 Å². The summed E-state index contributed by atoms with van der Waals surface area (Å²) in [5.41, 5.74) is -4.26. The van der Waals surface area contributed by atoms with Crippen LogP contribution in [0.15, 0.2) is 78.9 Å². The van der Waals surface area contributed by atoms with E-state index in [4.69, 9.17) is 4.74 Å². The van der Waals surface area contributed by atoms with Crippen LogP contribution in [0.2, 0.25) is 0 Å². The molecule has 0 aliphatic carbocycles. The van der Waals surface area contributed by atoms with Crippen LogP contribution in [0.1, 0.15) is 28.5 Å². The minimum absolute atomic E-state index is 0.000847. The molecule has 2 atom stereocenters. The highest BCUT2D eigenvalue weighted by Gasteiger charge is 2.46. The zero-order valence-electron chi connectivity index (χ0n) is 22.5. The third-order valence-corrected chi connectivity index (χ3v) is 7.61. The number of aromatic carboxylic acids is 1. The number of rotatable bonds is 13. The highest BCUT2D eigenvalue weighted by Crippen LogP contribution is 2.30. The molecule has 42 heavy (non-hydrogen) atoms. The second kappa shape index (κ2) is 12.8. The van der Waals surface area contributed by atoms with Crippen LogP contribution in [-0.4, -0.2) is 60.0 Å². The number of nitrogens with one attached hydrogen (secondary N) is 2. The Morgan fingerprint density at radius 2 is 1.71 bits per heavy atom. The van der Waals surface area contributed by atoms with E-state index in [1.54, 1.807) is 47.0 Å². The minimum Gasteiger partial charge on any atom is -0.491 e. The van der Waals surface area contributed by atoms with Gasteiger partial charge in [0.05, 0.1) is 0 Å². The SMILES string of the molecule is CC(Cc1c(C(=O)O)n(Cc2cccc(NS(=O)(=O)C(F)(F)F)c2)c2ccccc12)NCC(O)COc1ccccc1. The summed E-state index contributed by atoms with van der Waals surface area (Å²) < 4.78 is 70.3. The summed E-state index contributed by atoms with van der Waals surface area (Å²) >= 11 is 0. The van der Waals surface area contributed by atoms with E-state index < -0.39 is 27.6 Å². The Bertz CT molecular complexity index is 1640. The van der Waals surface area contributed by atoms with Gasteiger partial charge in [-0.2, -0.15) is 21.6 Å². The Labute approximate surface area is 240 Å². The van der Waals surface area contributed by atoms with E-state index in [-0.39, 0.29) is 37.1 Å². The van der Waals surface area contributed by atoms with Crippen molar-refractivity contribution in [3.8, 4) is 5.75 Å². The number of carboxylic acid groups (broad SMARTS) is 1. The lowest BCUT2D eigenvalue weighted by Crippen LogP contribution is -2.37. The highest BCUT2D eigenvalue weighted by molar-refractivity contribution is 7.93. The number of halogens is 3. The molecular weight excluding hydrogens is 575 g/mol. The maximum absolute atomic E-state index is 12.9. The quantitative estimate of drug-likeness (QED) is 0.175. The number of anilines is 1. The number of fused-ring (bicyclic) bond motifs is 1. The molecule has 1 heterocycles. The van der Waals surface area contributed by atoms with Crippen molar-refractivity contribution >= 4 is 32.6 Å². The molecule has 3 aromatic carbocycles. The van der Waals surface area contributed by atoms with Crippen molar-refractivity contribution in [2.75, 3.05) is 17.9 Å². The average molecular weight is 606 g/mol. The van der Waals surface area contributed by atoms with Crippen molar-refractivity contribution in [1.82, 2.24) is 9.88 Å². The zero-order valence-corrected chi connectivity index (χ0v) is 23.3. The fraction of sp³-hybridized carbons (Fsp3) is 0.276. The van der Waals surface area contributed by atoms with Crippen LogP contribution in [-0.2, 0) is 23.0 Å². The van der Waals surface area contributed by atoms with Crippen LogP contribution < -0.4 is 14.8 Å². The van der Waals surface area contributed by atoms with Crippen molar-refractivity contribution in [1.29, 1.82) is 0 Å². The van der Waals surface area contributed by atoms with Crippen molar-refractivity contribution < 1.29 is 41.3 Å². The molecule has 0 radical (unpaired) electrons. The largest absolute Gasteiger partial charge is 0.516 e. The fourth-order valence-electron chi connectivity index (χ4n) is 4.60. The van der Waals surface area contributed by atoms with E-state index >= 15 is 0 Å². The Morgan fingerprint density at radius 1 is 1.02 bits per heavy atom. The second-order valence-corrected chi connectivity index (χ2v) is 11.5. The van der Waals surface area contributed by atoms with Crippen molar-refractivity contribution in [2.24, 2.45) is 0 Å². The van der Waals surface area contributed by atoms with Crippen LogP contribution >= 0.6 is 0 Å². The van der Waals surface area contributed by atoms with E-state index in [2.05, 4.69) is 5.32 Å². The summed E-state index contributed by atoms with van der Waals surface area (Å²) in [5, 5.41) is 24.5. The van der Waals surface area contributed by atoms with Gasteiger partial charge in [-0.05, 0) is 54.8 Å². The number of alkyl halides is 3. The molecule has 1 aromatic heterocycles. The molecule has 2 unspecified atom stereocenters. The summed E-state index contributed by atoms with van der Waals surface area (Å²) in [6.07, 6.45) is -0.512. The molecule has 0 fully saturated rings. The van der Waals surface area contributed by atoms with E-state index in [0.717, 1.165) is 0 Å². The number of aliphatic hydroxyl groups is 1. The number of sulfonamides is 1. The van der Waals surface area contributed by atoms with E-state index in [1.165, 1.54) is 22.9 Å². The predicted molar refractivity (Wildman–Crippen MR) is 152 cm³/mol. The zero-order chi connectivity index (χ0) is 30.5. The number of benzene rings is 3. The molecule has 0 aliphatic heterocycles. The molecule has 0 bridgehead atoms. The maximum atomic E-state index is 12.9. The van der Waals surface area contributed by atoms with Crippen LogP contribution in [0.3, 0.4) is 0 Å². The average Bonchev–Trinajstić information content (AvgIpc) is 3.23. The first-order valence-electron chi connectivity index (χ1n) is 13.0. The molecule has 0 aliphatic rings. The number of aromatic nitrogens is 1. The first-order valence-corrected chi connectivity index (χ1v) is 14.4. The molecule has 0 spiro atoms. The maximum Gasteiger partial charge on any atom is 0.516 e. The smallest absolute Gasteiger partial charge is 0.491 e. The summed E-state index contributed by atoms with van der Waals surface area (Å²) in [6, 6.07) is 21.2. The van der Waals surface area contributed by atoms with E-state index in [9.17, 15) is 36.6 Å². The predicted octanol–water partition coefficient (Wildman–Crippen LogP) is 4.61. The van der Waals surface area contributed by atoms with Gasteiger partial charge in [-0.1, -0.05) is 48.5 Å². The summed E-state index contributed by atoms with van der Waals surface area (Å²) in [4.78, 5) is 12.5. The normalized spacial score (nSPS) is 13.5. The van der Waals surface area contributed by atoms with Gasteiger partial charge in [0, 0.05) is 35.7 Å². The lowest BCUT2D eigenvalue weighted by molar-refractivity contribution is -0.0429. The van der Waals surface area contributed by atoms with Gasteiger partial charge in [-0.15, -0.1) is 0 Å². The van der Waals surface area contributed by atoms with Gasteiger partial charge in [0.15, 0.2) is 0 Å². The minimum atomic E-state index is -5.62. The Hall–Kier alpha value is -4.07. The Balaban J connectivity index is 1.53. The van der Waals surface area contributed by atoms with Crippen LogP contribution in [0, 0.1) is 0 Å². The Morgan fingerprint density at radius 3 is 2.40 bits per heavy atom. The summed E-state index contributed by atoms with van der Waals surface area (Å²) in [6.45, 7) is 2.09. The molecule has 4 N–H and O–H groups in total. The summed E-state index contributed by atoms with van der Waals surface area (Å²) in [5.74, 6) is -0.564. The topological polar surface area (TPSA) is 130 Å². The van der Waals surface area contributed by atoms with Gasteiger partial charge in [-0.25, -0.2) is 4.79 Å². The number of nitrogens with zero attached hydrogens (tertiary/aromatic N) is 1. The van der Waals surface area contributed by atoms with Gasteiger partial charge in [-0.3, -0.25) is 4.72 Å². The highest BCUT2D eigenvalue weighted by atomic mass is 32.2. The molecule has 0 amide bonds. The van der Waals surface area contributed by atoms with Crippen molar-refractivity contribution in [3.05, 3.63) is 95.7 Å². The molecule has 0 saturated heterocycles. The molecule has 4 rings (SSSR count). The standard InChI is InChI=1S/C29H30F3N3O6S/c1-19(33-16-22(36)18-41-23-10-3-2-4-11-23)14-25-24-12-5-6-13-26(24)35(27(25)28(37)38)17-20-8-7-9-21(15-20)34-42(39,40)29(30,31)32/h2-13,15,19,22,33-34,36H,14,16-18H2,1H3,(H,37,38). The molecule has 4 aromatic rings. The number of ether oxygens (including phenoxy) is 1.